The van der Waals surface area contributed by atoms with Gasteiger partial charge >= 0.3 is 0 Å². The highest BCUT2D eigenvalue weighted by Gasteiger charge is 2.22. The molecule has 0 saturated carbocycles. The van der Waals surface area contributed by atoms with Crippen LogP contribution >= 0.6 is 0 Å². The van der Waals surface area contributed by atoms with E-state index in [9.17, 15) is 4.79 Å². The number of nitrogens with zero attached hydrogens (tertiary/aromatic N) is 1. The number of rotatable bonds is 4. The zero-order chi connectivity index (χ0) is 13.1. The molecule has 0 atom stereocenters. The van der Waals surface area contributed by atoms with Crippen molar-refractivity contribution in [2.45, 2.75) is 20.3 Å². The normalized spacial score (nSPS) is 12.6. The van der Waals surface area contributed by atoms with E-state index in [2.05, 4.69) is 0 Å². The number of anilines is 1. The van der Waals surface area contributed by atoms with Crippen LogP contribution in [-0.2, 0) is 0 Å². The summed E-state index contributed by atoms with van der Waals surface area (Å²) < 4.78 is 10.5. The van der Waals surface area contributed by atoms with Crippen LogP contribution in [0.2, 0.25) is 0 Å². The molecule has 0 unspecified atom stereocenters. The van der Waals surface area contributed by atoms with E-state index in [1.807, 2.05) is 13.8 Å². The van der Waals surface area contributed by atoms with Gasteiger partial charge in [0.15, 0.2) is 11.5 Å². The van der Waals surface area contributed by atoms with Crippen molar-refractivity contribution >= 4 is 11.6 Å². The van der Waals surface area contributed by atoms with Crippen molar-refractivity contribution in [3.8, 4) is 11.5 Å². The van der Waals surface area contributed by atoms with E-state index in [-0.39, 0.29) is 12.7 Å². The van der Waals surface area contributed by atoms with Crippen LogP contribution in [0.1, 0.15) is 30.6 Å². The summed E-state index contributed by atoms with van der Waals surface area (Å²) in [5, 5.41) is 0. The van der Waals surface area contributed by atoms with E-state index >= 15 is 0 Å². The molecule has 1 aliphatic rings. The van der Waals surface area contributed by atoms with Gasteiger partial charge in [0.1, 0.15) is 0 Å². The van der Waals surface area contributed by atoms with E-state index in [4.69, 9.17) is 15.2 Å². The Balaban J connectivity index is 2.30. The van der Waals surface area contributed by atoms with Gasteiger partial charge in [-0.05, 0) is 19.4 Å². The Morgan fingerprint density at radius 1 is 1.33 bits per heavy atom. The molecule has 1 aromatic rings. The van der Waals surface area contributed by atoms with Crippen LogP contribution in [0, 0.1) is 0 Å². The number of hydrogen-bond donors (Lipinski definition) is 1. The van der Waals surface area contributed by atoms with Crippen molar-refractivity contribution in [3.05, 3.63) is 17.7 Å². The first-order chi connectivity index (χ1) is 8.67. The first kappa shape index (κ1) is 12.5. The standard InChI is InChI=1S/C13H18N2O3/c1-3-5-15(4-2)13(16)9-6-11-12(7-10(9)14)18-8-17-11/h6-7H,3-5,8,14H2,1-2H3. The number of fused-ring (bicyclic) bond motifs is 1. The highest BCUT2D eigenvalue weighted by Crippen LogP contribution is 2.36. The number of ether oxygens (including phenoxy) is 2. The fraction of sp³-hybridized carbons (Fsp3) is 0.462. The predicted molar refractivity (Wildman–Crippen MR) is 68.8 cm³/mol. The molecule has 2 rings (SSSR count). The zero-order valence-corrected chi connectivity index (χ0v) is 10.7. The smallest absolute Gasteiger partial charge is 0.256 e. The van der Waals surface area contributed by atoms with E-state index in [0.29, 0.717) is 29.3 Å². The van der Waals surface area contributed by atoms with Crippen LogP contribution in [0.25, 0.3) is 0 Å². The quantitative estimate of drug-likeness (QED) is 0.828. The van der Waals surface area contributed by atoms with Crippen LogP contribution in [-0.4, -0.2) is 30.7 Å². The fourth-order valence-electron chi connectivity index (χ4n) is 1.99. The minimum Gasteiger partial charge on any atom is -0.454 e. The SMILES string of the molecule is CCCN(CC)C(=O)c1cc2c(cc1N)OCO2. The highest BCUT2D eigenvalue weighted by atomic mass is 16.7. The second-order valence-electron chi connectivity index (χ2n) is 4.18. The molecule has 1 amide bonds. The molecular weight excluding hydrogens is 232 g/mol. The van der Waals surface area contributed by atoms with Crippen molar-refractivity contribution in [2.24, 2.45) is 0 Å². The number of hydrogen-bond acceptors (Lipinski definition) is 4. The molecule has 0 spiro atoms. The maximum atomic E-state index is 12.3. The number of benzene rings is 1. The molecule has 5 heteroatoms. The highest BCUT2D eigenvalue weighted by molar-refractivity contribution is 6.00. The molecule has 0 fully saturated rings. The molecule has 0 bridgehead atoms. The molecule has 1 aliphatic heterocycles. The van der Waals surface area contributed by atoms with Gasteiger partial charge in [0.25, 0.3) is 5.91 Å². The summed E-state index contributed by atoms with van der Waals surface area (Å²) in [4.78, 5) is 14.1. The first-order valence-electron chi connectivity index (χ1n) is 6.15. The summed E-state index contributed by atoms with van der Waals surface area (Å²) in [6.07, 6.45) is 0.921. The summed E-state index contributed by atoms with van der Waals surface area (Å²) >= 11 is 0. The Morgan fingerprint density at radius 3 is 2.61 bits per heavy atom. The van der Waals surface area contributed by atoms with Gasteiger partial charge in [0.2, 0.25) is 6.79 Å². The van der Waals surface area contributed by atoms with Crippen LogP contribution in [0.15, 0.2) is 12.1 Å². The molecule has 98 valence electrons. The van der Waals surface area contributed by atoms with Gasteiger partial charge < -0.3 is 20.1 Å². The molecule has 2 N–H and O–H groups in total. The maximum Gasteiger partial charge on any atom is 0.256 e. The van der Waals surface area contributed by atoms with Crippen molar-refractivity contribution in [3.63, 3.8) is 0 Å². The first-order valence-corrected chi connectivity index (χ1v) is 6.15. The fourth-order valence-corrected chi connectivity index (χ4v) is 1.99. The van der Waals surface area contributed by atoms with Crippen molar-refractivity contribution < 1.29 is 14.3 Å². The molecule has 1 heterocycles. The van der Waals surface area contributed by atoms with Crippen LogP contribution < -0.4 is 15.2 Å². The number of nitrogen functional groups attached to an aromatic ring is 1. The average Bonchev–Trinajstić information content (AvgIpc) is 2.81. The van der Waals surface area contributed by atoms with E-state index in [1.165, 1.54) is 0 Å². The van der Waals surface area contributed by atoms with Gasteiger partial charge in [-0.2, -0.15) is 0 Å². The summed E-state index contributed by atoms with van der Waals surface area (Å²) in [6, 6.07) is 3.31. The molecule has 1 aromatic carbocycles. The predicted octanol–water partition coefficient (Wildman–Crippen LogP) is 1.87. The van der Waals surface area contributed by atoms with E-state index < -0.39 is 0 Å². The Morgan fingerprint density at radius 2 is 2.00 bits per heavy atom. The lowest BCUT2D eigenvalue weighted by Crippen LogP contribution is -2.32. The van der Waals surface area contributed by atoms with Gasteiger partial charge in [-0.1, -0.05) is 6.92 Å². The molecule has 5 nitrogen and oxygen atoms in total. The zero-order valence-electron chi connectivity index (χ0n) is 10.7. The largest absolute Gasteiger partial charge is 0.454 e. The molecule has 0 saturated heterocycles. The summed E-state index contributed by atoms with van der Waals surface area (Å²) in [5.41, 5.74) is 6.81. The molecule has 0 aliphatic carbocycles. The third-order valence-corrected chi connectivity index (χ3v) is 2.94. The monoisotopic (exact) mass is 250 g/mol. The second kappa shape index (κ2) is 5.16. The summed E-state index contributed by atoms with van der Waals surface area (Å²) in [6.45, 7) is 5.57. The minimum atomic E-state index is -0.0600. The third kappa shape index (κ3) is 2.20. The second-order valence-corrected chi connectivity index (χ2v) is 4.18. The number of carbonyl (C=O) groups is 1. The Labute approximate surface area is 106 Å². The van der Waals surface area contributed by atoms with Gasteiger partial charge in [0.05, 0.1) is 5.56 Å². The van der Waals surface area contributed by atoms with Crippen LogP contribution in [0.3, 0.4) is 0 Å². The minimum absolute atomic E-state index is 0.0600. The van der Waals surface area contributed by atoms with Crippen molar-refractivity contribution in [1.82, 2.24) is 4.90 Å². The lowest BCUT2D eigenvalue weighted by Gasteiger charge is -2.21. The van der Waals surface area contributed by atoms with Crippen molar-refractivity contribution in [1.29, 1.82) is 0 Å². The van der Waals surface area contributed by atoms with Gasteiger partial charge in [-0.25, -0.2) is 0 Å². The maximum absolute atomic E-state index is 12.3. The van der Waals surface area contributed by atoms with Crippen LogP contribution in [0.5, 0.6) is 11.5 Å². The Hall–Kier alpha value is -1.91. The number of amides is 1. The van der Waals surface area contributed by atoms with Gasteiger partial charge in [-0.3, -0.25) is 4.79 Å². The van der Waals surface area contributed by atoms with E-state index in [0.717, 1.165) is 13.0 Å². The lowest BCUT2D eigenvalue weighted by atomic mass is 10.1. The van der Waals surface area contributed by atoms with Gasteiger partial charge in [-0.15, -0.1) is 0 Å². The number of carbonyl (C=O) groups excluding carboxylic acids is 1. The molecule has 0 radical (unpaired) electrons. The molecule has 18 heavy (non-hydrogen) atoms. The lowest BCUT2D eigenvalue weighted by molar-refractivity contribution is 0.0765. The third-order valence-electron chi connectivity index (χ3n) is 2.94. The van der Waals surface area contributed by atoms with Gasteiger partial charge in [0, 0.05) is 24.8 Å². The average molecular weight is 250 g/mol. The Bertz CT molecular complexity index is 460. The van der Waals surface area contributed by atoms with Crippen molar-refractivity contribution in [2.75, 3.05) is 25.6 Å². The molecular formula is C13H18N2O3. The topological polar surface area (TPSA) is 64.8 Å². The molecule has 0 aromatic heterocycles. The summed E-state index contributed by atoms with van der Waals surface area (Å²) in [5.74, 6) is 1.12. The number of nitrogens with two attached hydrogens (primary N) is 1. The van der Waals surface area contributed by atoms with E-state index in [1.54, 1.807) is 17.0 Å². The summed E-state index contributed by atoms with van der Waals surface area (Å²) in [7, 11) is 0. The van der Waals surface area contributed by atoms with Crippen LogP contribution in [0.4, 0.5) is 5.69 Å². The Kier molecular flexibility index (Phi) is 3.60.